The number of ether oxygens (including phenoxy) is 1. The van der Waals surface area contributed by atoms with Gasteiger partial charge in [0.2, 0.25) is 10.0 Å². The van der Waals surface area contributed by atoms with Gasteiger partial charge >= 0.3 is 5.97 Å². The van der Waals surface area contributed by atoms with Gasteiger partial charge < -0.3 is 10.1 Å². The molecule has 1 amide bonds. The van der Waals surface area contributed by atoms with Crippen molar-refractivity contribution in [2.24, 2.45) is 0 Å². The van der Waals surface area contributed by atoms with Gasteiger partial charge in [-0.2, -0.15) is 0 Å². The standard InChI is InChI=1S/C22H28N2O5S/c1-5-16-9-7-10-17(6-2)21(16)23-20(25)14-29-22(26)18-11-8-12-19(13-18)30(27,28)24-15(3)4/h7-13,15,24H,5-6,14H2,1-4H3,(H,23,25). The predicted molar refractivity (Wildman–Crippen MR) is 116 cm³/mol. The second-order valence-electron chi connectivity index (χ2n) is 7.09. The van der Waals surface area contributed by atoms with E-state index in [2.05, 4.69) is 10.0 Å². The molecule has 0 aliphatic rings. The lowest BCUT2D eigenvalue weighted by Gasteiger charge is -2.14. The maximum absolute atomic E-state index is 12.3. The molecular formula is C22H28N2O5S. The molecule has 0 radical (unpaired) electrons. The largest absolute Gasteiger partial charge is 0.452 e. The number of benzene rings is 2. The molecule has 0 unspecified atom stereocenters. The molecule has 0 aliphatic heterocycles. The first-order valence-electron chi connectivity index (χ1n) is 9.88. The van der Waals surface area contributed by atoms with Crippen molar-refractivity contribution in [2.75, 3.05) is 11.9 Å². The smallest absolute Gasteiger partial charge is 0.338 e. The van der Waals surface area contributed by atoms with Crippen LogP contribution in [-0.2, 0) is 32.4 Å². The third-order valence-electron chi connectivity index (χ3n) is 4.37. The Morgan fingerprint density at radius 1 is 1.00 bits per heavy atom. The van der Waals surface area contributed by atoms with Crippen LogP contribution < -0.4 is 10.0 Å². The molecule has 162 valence electrons. The van der Waals surface area contributed by atoms with Crippen LogP contribution in [0, 0.1) is 0 Å². The fourth-order valence-electron chi connectivity index (χ4n) is 2.96. The molecule has 8 heteroatoms. The summed E-state index contributed by atoms with van der Waals surface area (Å²) in [5, 5.41) is 2.82. The Morgan fingerprint density at radius 3 is 2.17 bits per heavy atom. The summed E-state index contributed by atoms with van der Waals surface area (Å²) in [6, 6.07) is 11.1. The van der Waals surface area contributed by atoms with Crippen LogP contribution in [0.2, 0.25) is 0 Å². The van der Waals surface area contributed by atoms with Crippen LogP contribution in [0.15, 0.2) is 47.4 Å². The molecule has 0 fully saturated rings. The summed E-state index contributed by atoms with van der Waals surface area (Å²) in [6.45, 7) is 6.93. The van der Waals surface area contributed by atoms with E-state index < -0.39 is 28.5 Å². The Morgan fingerprint density at radius 2 is 1.60 bits per heavy atom. The summed E-state index contributed by atoms with van der Waals surface area (Å²) in [5.74, 6) is -1.23. The zero-order valence-corrected chi connectivity index (χ0v) is 18.5. The number of hydrogen-bond acceptors (Lipinski definition) is 5. The summed E-state index contributed by atoms with van der Waals surface area (Å²) in [4.78, 5) is 24.6. The number of amides is 1. The molecule has 0 atom stereocenters. The van der Waals surface area contributed by atoms with Gasteiger partial charge in [-0.25, -0.2) is 17.9 Å². The molecule has 0 aromatic heterocycles. The summed E-state index contributed by atoms with van der Waals surface area (Å²) in [7, 11) is -3.74. The molecule has 0 spiro atoms. The minimum atomic E-state index is -3.74. The zero-order valence-electron chi connectivity index (χ0n) is 17.7. The van der Waals surface area contributed by atoms with Gasteiger partial charge in [0.05, 0.1) is 10.5 Å². The van der Waals surface area contributed by atoms with Crippen molar-refractivity contribution in [1.82, 2.24) is 4.72 Å². The average Bonchev–Trinajstić information content (AvgIpc) is 2.71. The molecule has 0 saturated heterocycles. The van der Waals surface area contributed by atoms with Crippen molar-refractivity contribution in [2.45, 2.75) is 51.5 Å². The van der Waals surface area contributed by atoms with Crippen LogP contribution in [0.4, 0.5) is 5.69 Å². The third kappa shape index (κ3) is 6.14. The number of carbonyl (C=O) groups excluding carboxylic acids is 2. The lowest BCUT2D eigenvalue weighted by atomic mass is 10.0. The number of anilines is 1. The van der Waals surface area contributed by atoms with Crippen molar-refractivity contribution in [3.63, 3.8) is 0 Å². The van der Waals surface area contributed by atoms with E-state index in [1.54, 1.807) is 13.8 Å². The van der Waals surface area contributed by atoms with E-state index in [1.165, 1.54) is 24.3 Å². The number of esters is 1. The van der Waals surface area contributed by atoms with Crippen molar-refractivity contribution in [3.05, 3.63) is 59.2 Å². The maximum Gasteiger partial charge on any atom is 0.338 e. The Hall–Kier alpha value is -2.71. The lowest BCUT2D eigenvalue weighted by Crippen LogP contribution is -2.30. The fraction of sp³-hybridized carbons (Fsp3) is 0.364. The first-order valence-corrected chi connectivity index (χ1v) is 11.4. The molecular weight excluding hydrogens is 404 g/mol. The first kappa shape index (κ1) is 23.6. The SMILES string of the molecule is CCc1cccc(CC)c1NC(=O)COC(=O)c1cccc(S(=O)(=O)NC(C)C)c1. The van der Waals surface area contributed by atoms with Crippen molar-refractivity contribution in [3.8, 4) is 0 Å². The lowest BCUT2D eigenvalue weighted by molar-refractivity contribution is -0.119. The highest BCUT2D eigenvalue weighted by molar-refractivity contribution is 7.89. The van der Waals surface area contributed by atoms with Crippen molar-refractivity contribution >= 4 is 27.6 Å². The predicted octanol–water partition coefficient (Wildman–Crippen LogP) is 3.29. The number of hydrogen-bond donors (Lipinski definition) is 2. The average molecular weight is 433 g/mol. The summed E-state index contributed by atoms with van der Waals surface area (Å²) >= 11 is 0. The van der Waals surface area contributed by atoms with Gasteiger partial charge in [0.25, 0.3) is 5.91 Å². The minimum Gasteiger partial charge on any atom is -0.452 e. The molecule has 2 aromatic rings. The van der Waals surface area contributed by atoms with Crippen molar-refractivity contribution < 1.29 is 22.7 Å². The number of aryl methyl sites for hydroxylation is 2. The molecule has 0 aliphatic carbocycles. The van der Waals surface area contributed by atoms with E-state index in [4.69, 9.17) is 4.74 Å². The third-order valence-corrected chi connectivity index (χ3v) is 6.02. The monoisotopic (exact) mass is 432 g/mol. The molecule has 7 nitrogen and oxygen atoms in total. The highest BCUT2D eigenvalue weighted by Gasteiger charge is 2.19. The van der Waals surface area contributed by atoms with E-state index in [0.717, 1.165) is 29.7 Å². The molecule has 2 rings (SSSR count). The Labute approximate surface area is 177 Å². The Balaban J connectivity index is 2.07. The highest BCUT2D eigenvalue weighted by Crippen LogP contribution is 2.22. The number of para-hydroxylation sites is 1. The molecule has 0 bridgehead atoms. The van der Waals surface area contributed by atoms with E-state index in [0.29, 0.717) is 0 Å². The van der Waals surface area contributed by atoms with Gasteiger partial charge in [-0.1, -0.05) is 38.1 Å². The van der Waals surface area contributed by atoms with Crippen LogP contribution in [-0.4, -0.2) is 32.9 Å². The normalized spacial score (nSPS) is 11.4. The van der Waals surface area contributed by atoms with Crippen LogP contribution in [0.5, 0.6) is 0 Å². The van der Waals surface area contributed by atoms with Crippen molar-refractivity contribution in [1.29, 1.82) is 0 Å². The van der Waals surface area contributed by atoms with E-state index >= 15 is 0 Å². The Kier molecular flexibility index (Phi) is 8.14. The topological polar surface area (TPSA) is 102 Å². The zero-order chi connectivity index (χ0) is 22.3. The molecule has 0 saturated carbocycles. The van der Waals surface area contributed by atoms with Gasteiger partial charge in [0.15, 0.2) is 6.61 Å². The second kappa shape index (κ2) is 10.4. The van der Waals surface area contributed by atoms with Crippen LogP contribution >= 0.6 is 0 Å². The number of carbonyl (C=O) groups is 2. The van der Waals surface area contributed by atoms with Crippen LogP contribution in [0.25, 0.3) is 0 Å². The molecule has 2 aromatic carbocycles. The fourth-order valence-corrected chi connectivity index (χ4v) is 4.26. The van der Waals surface area contributed by atoms with E-state index in [-0.39, 0.29) is 16.5 Å². The van der Waals surface area contributed by atoms with E-state index in [1.807, 2.05) is 32.0 Å². The van der Waals surface area contributed by atoms with Crippen LogP contribution in [0.3, 0.4) is 0 Å². The van der Waals surface area contributed by atoms with Gasteiger partial charge in [0, 0.05) is 11.7 Å². The van der Waals surface area contributed by atoms with E-state index in [9.17, 15) is 18.0 Å². The highest BCUT2D eigenvalue weighted by atomic mass is 32.2. The summed E-state index contributed by atoms with van der Waals surface area (Å²) in [5.41, 5.74) is 2.81. The van der Waals surface area contributed by atoms with Gasteiger partial charge in [0.1, 0.15) is 0 Å². The quantitative estimate of drug-likeness (QED) is 0.592. The number of rotatable bonds is 9. The molecule has 30 heavy (non-hydrogen) atoms. The number of nitrogens with one attached hydrogen (secondary N) is 2. The second-order valence-corrected chi connectivity index (χ2v) is 8.80. The van der Waals surface area contributed by atoms with Crippen LogP contribution in [0.1, 0.15) is 49.2 Å². The number of sulfonamides is 1. The molecule has 0 heterocycles. The van der Waals surface area contributed by atoms with Gasteiger partial charge in [-0.15, -0.1) is 0 Å². The van der Waals surface area contributed by atoms with Gasteiger partial charge in [-0.05, 0) is 56.0 Å². The summed E-state index contributed by atoms with van der Waals surface area (Å²) in [6.07, 6.45) is 1.52. The van der Waals surface area contributed by atoms with Gasteiger partial charge in [-0.3, -0.25) is 4.79 Å². The Bertz CT molecular complexity index is 994. The minimum absolute atomic E-state index is 0.0421. The molecule has 2 N–H and O–H groups in total. The summed E-state index contributed by atoms with van der Waals surface area (Å²) < 4.78 is 32.1. The maximum atomic E-state index is 12.3. The first-order chi connectivity index (χ1) is 14.2.